The third-order valence-electron chi connectivity index (χ3n) is 5.71. The van der Waals surface area contributed by atoms with E-state index in [1.54, 1.807) is 24.5 Å². The molecular weight excluding hydrogens is 378 g/mol. The third-order valence-corrected chi connectivity index (χ3v) is 5.71. The van der Waals surface area contributed by atoms with E-state index >= 15 is 0 Å². The summed E-state index contributed by atoms with van der Waals surface area (Å²) in [6, 6.07) is 6.15. The molecule has 3 atom stereocenters. The van der Waals surface area contributed by atoms with Crippen molar-refractivity contribution < 1.29 is 18.7 Å². The van der Waals surface area contributed by atoms with Crippen LogP contribution in [0.1, 0.15) is 45.7 Å². The summed E-state index contributed by atoms with van der Waals surface area (Å²) < 4.78 is 29.2. The summed E-state index contributed by atoms with van der Waals surface area (Å²) in [5.41, 5.74) is 2.71. The van der Waals surface area contributed by atoms with Crippen molar-refractivity contribution in [3.63, 3.8) is 0 Å². The zero-order chi connectivity index (χ0) is 20.1. The Morgan fingerprint density at radius 1 is 1.28 bits per heavy atom. The molecule has 5 rings (SSSR count). The van der Waals surface area contributed by atoms with Crippen molar-refractivity contribution >= 4 is 5.91 Å². The number of carbonyl (C=O) groups excluding carboxylic acids is 1. The molecule has 1 aromatic carbocycles. The monoisotopic (exact) mass is 396 g/mol. The van der Waals surface area contributed by atoms with Crippen LogP contribution in [0, 0.1) is 17.6 Å². The molecule has 29 heavy (non-hydrogen) atoms. The molecule has 2 aliphatic rings. The van der Waals surface area contributed by atoms with Gasteiger partial charge in [-0.15, -0.1) is 0 Å². The van der Waals surface area contributed by atoms with Gasteiger partial charge in [0.15, 0.2) is 11.5 Å². The summed E-state index contributed by atoms with van der Waals surface area (Å²) in [6.45, 7) is -0.281. The van der Waals surface area contributed by atoms with Crippen LogP contribution in [0.4, 0.5) is 8.78 Å². The summed E-state index contributed by atoms with van der Waals surface area (Å²) in [4.78, 5) is 16.9. The molecule has 148 valence electrons. The topological polar surface area (TPSA) is 80.0 Å². The lowest BCUT2D eigenvalue weighted by Crippen LogP contribution is -2.31. The Hall–Kier alpha value is -3.13. The molecule has 0 radical (unpaired) electrons. The molecule has 0 saturated heterocycles. The number of rotatable bonds is 5. The third kappa shape index (κ3) is 3.00. The summed E-state index contributed by atoms with van der Waals surface area (Å²) in [7, 11) is 0. The number of pyridine rings is 1. The average molecular weight is 396 g/mol. The number of aromatic nitrogens is 3. The van der Waals surface area contributed by atoms with Crippen LogP contribution in [0.3, 0.4) is 0 Å². The lowest BCUT2D eigenvalue weighted by atomic mass is 10.1. The summed E-state index contributed by atoms with van der Waals surface area (Å²) in [5, 5.41) is 16.9. The van der Waals surface area contributed by atoms with Crippen molar-refractivity contribution in [3.05, 3.63) is 76.9 Å². The number of carbonyl (C=O) groups is 1. The number of nitrogens with zero attached hydrogens (tertiary/aromatic N) is 3. The van der Waals surface area contributed by atoms with E-state index in [1.807, 2.05) is 0 Å². The second-order valence-corrected chi connectivity index (χ2v) is 7.52. The van der Waals surface area contributed by atoms with Crippen LogP contribution in [-0.2, 0) is 6.42 Å². The maximum Gasteiger partial charge on any atom is 0.272 e. The molecule has 1 saturated carbocycles. The Labute approximate surface area is 165 Å². The van der Waals surface area contributed by atoms with E-state index in [0.29, 0.717) is 12.3 Å². The maximum absolute atomic E-state index is 14.4. The predicted octanol–water partition coefficient (Wildman–Crippen LogP) is 2.67. The molecule has 8 heteroatoms. The standard InChI is InChI=1S/C21H18F2N4O2/c22-13-1-2-18(16(23)9-13)27-20-14-7-12(14)8-15(20)19(26-27)21(29)25-17(10-28)11-3-5-24-6-4-11/h1-6,9,12,14,17,28H,7-8,10H2,(H,25,29)/t12-,14-,17+/m1/s1. The van der Waals surface area contributed by atoms with Crippen LogP contribution in [0.15, 0.2) is 42.7 Å². The molecule has 0 spiro atoms. The summed E-state index contributed by atoms with van der Waals surface area (Å²) in [5.74, 6) is -1.13. The zero-order valence-corrected chi connectivity index (χ0v) is 15.3. The van der Waals surface area contributed by atoms with Crippen LogP contribution in [0.25, 0.3) is 5.69 Å². The SMILES string of the molecule is O=C(N[C@@H](CO)c1ccncc1)c1nn(-c2ccc(F)cc2F)c2c1C[C@H]1C[C@@H]21. The van der Waals surface area contributed by atoms with Gasteiger partial charge in [0, 0.05) is 29.9 Å². The maximum atomic E-state index is 14.4. The van der Waals surface area contributed by atoms with Crippen molar-refractivity contribution in [2.24, 2.45) is 5.92 Å². The van der Waals surface area contributed by atoms with Gasteiger partial charge in [0.1, 0.15) is 11.5 Å². The number of fused-ring (bicyclic) bond motifs is 3. The first-order valence-corrected chi connectivity index (χ1v) is 9.45. The molecule has 1 fully saturated rings. The predicted molar refractivity (Wildman–Crippen MR) is 99.6 cm³/mol. The highest BCUT2D eigenvalue weighted by Gasteiger charge is 2.50. The minimum absolute atomic E-state index is 0.127. The van der Waals surface area contributed by atoms with Gasteiger partial charge in [0.05, 0.1) is 18.3 Å². The zero-order valence-electron chi connectivity index (χ0n) is 15.3. The van der Waals surface area contributed by atoms with E-state index in [2.05, 4.69) is 15.4 Å². The molecular formula is C21H18F2N4O2. The van der Waals surface area contributed by atoms with Crippen molar-refractivity contribution in [2.75, 3.05) is 6.61 Å². The highest BCUT2D eigenvalue weighted by atomic mass is 19.1. The molecule has 2 aromatic heterocycles. The highest BCUT2D eigenvalue weighted by molar-refractivity contribution is 5.94. The van der Waals surface area contributed by atoms with Gasteiger partial charge in [-0.05, 0) is 48.6 Å². The number of hydrogen-bond acceptors (Lipinski definition) is 4. The number of aliphatic hydroxyl groups excluding tert-OH is 1. The first-order valence-electron chi connectivity index (χ1n) is 9.45. The number of benzene rings is 1. The average Bonchev–Trinajstić information content (AvgIpc) is 3.23. The summed E-state index contributed by atoms with van der Waals surface area (Å²) in [6.07, 6.45) is 4.87. The van der Waals surface area contributed by atoms with Gasteiger partial charge in [0.25, 0.3) is 5.91 Å². The number of halogens is 2. The Morgan fingerprint density at radius 3 is 2.79 bits per heavy atom. The fourth-order valence-electron chi connectivity index (χ4n) is 4.19. The van der Waals surface area contributed by atoms with Gasteiger partial charge >= 0.3 is 0 Å². The molecule has 1 amide bonds. The minimum Gasteiger partial charge on any atom is -0.394 e. The van der Waals surface area contributed by atoms with Crippen LogP contribution < -0.4 is 5.32 Å². The van der Waals surface area contributed by atoms with Gasteiger partial charge in [-0.25, -0.2) is 13.5 Å². The molecule has 2 aliphatic carbocycles. The quantitative estimate of drug-likeness (QED) is 0.695. The fraction of sp³-hybridized carbons (Fsp3) is 0.286. The first-order chi connectivity index (χ1) is 14.1. The fourth-order valence-corrected chi connectivity index (χ4v) is 4.19. The van der Waals surface area contributed by atoms with Crippen LogP contribution >= 0.6 is 0 Å². The van der Waals surface area contributed by atoms with Crippen LogP contribution in [0.5, 0.6) is 0 Å². The highest BCUT2D eigenvalue weighted by Crippen LogP contribution is 2.57. The van der Waals surface area contributed by atoms with Crippen molar-refractivity contribution in [2.45, 2.75) is 24.8 Å². The second kappa shape index (κ2) is 6.73. The van der Waals surface area contributed by atoms with E-state index in [-0.39, 0.29) is 23.9 Å². The van der Waals surface area contributed by atoms with Crippen molar-refractivity contribution in [1.82, 2.24) is 20.1 Å². The lowest BCUT2D eigenvalue weighted by molar-refractivity contribution is 0.0909. The number of nitrogens with one attached hydrogen (secondary N) is 1. The molecule has 3 aromatic rings. The van der Waals surface area contributed by atoms with Gasteiger partial charge in [-0.3, -0.25) is 9.78 Å². The number of hydrogen-bond donors (Lipinski definition) is 2. The largest absolute Gasteiger partial charge is 0.394 e. The smallest absolute Gasteiger partial charge is 0.272 e. The van der Waals surface area contributed by atoms with E-state index in [4.69, 9.17) is 0 Å². The first kappa shape index (κ1) is 17.9. The van der Waals surface area contributed by atoms with Crippen molar-refractivity contribution in [3.8, 4) is 5.69 Å². The Kier molecular flexibility index (Phi) is 4.16. The molecule has 0 aliphatic heterocycles. The van der Waals surface area contributed by atoms with E-state index < -0.39 is 23.6 Å². The lowest BCUT2D eigenvalue weighted by Gasteiger charge is -2.16. The van der Waals surface area contributed by atoms with Crippen LogP contribution in [-0.4, -0.2) is 32.4 Å². The van der Waals surface area contributed by atoms with E-state index in [1.165, 1.54) is 16.8 Å². The van der Waals surface area contributed by atoms with Gasteiger partial charge in [-0.2, -0.15) is 5.10 Å². The van der Waals surface area contributed by atoms with Gasteiger partial charge in [0.2, 0.25) is 0 Å². The van der Waals surface area contributed by atoms with Gasteiger partial charge < -0.3 is 10.4 Å². The molecule has 0 unspecified atom stereocenters. The second-order valence-electron chi connectivity index (χ2n) is 7.52. The number of aliphatic hydroxyl groups is 1. The van der Waals surface area contributed by atoms with E-state index in [9.17, 15) is 18.7 Å². The van der Waals surface area contributed by atoms with Gasteiger partial charge in [-0.1, -0.05) is 0 Å². The molecule has 2 heterocycles. The molecule has 0 bridgehead atoms. The number of amides is 1. The van der Waals surface area contributed by atoms with E-state index in [0.717, 1.165) is 29.3 Å². The Bertz CT molecular complexity index is 1100. The Morgan fingerprint density at radius 2 is 2.07 bits per heavy atom. The normalized spacial score (nSPS) is 20.1. The summed E-state index contributed by atoms with van der Waals surface area (Å²) >= 11 is 0. The minimum atomic E-state index is -0.726. The molecule has 6 nitrogen and oxygen atoms in total. The van der Waals surface area contributed by atoms with Crippen molar-refractivity contribution in [1.29, 1.82) is 0 Å². The van der Waals surface area contributed by atoms with Crippen LogP contribution in [0.2, 0.25) is 0 Å². The Balaban J connectivity index is 1.51. The molecule has 2 N–H and O–H groups in total.